The van der Waals surface area contributed by atoms with Crippen LogP contribution in [0.3, 0.4) is 0 Å². The Bertz CT molecular complexity index is 2720. The van der Waals surface area contributed by atoms with Gasteiger partial charge in [0.15, 0.2) is 11.6 Å². The van der Waals surface area contributed by atoms with Crippen molar-refractivity contribution in [2.45, 2.75) is 83.3 Å². The molecule has 3 aromatic heterocycles. The fraction of sp³-hybridized carbons (Fsp3) is 0.491. The topological polar surface area (TPSA) is 153 Å². The number of fused-ring (bicyclic) bond motifs is 1. The van der Waals surface area contributed by atoms with Crippen molar-refractivity contribution in [3.05, 3.63) is 95.3 Å². The van der Waals surface area contributed by atoms with Gasteiger partial charge in [-0.3, -0.25) is 14.5 Å². The zero-order valence-electron chi connectivity index (χ0n) is 40.8. The molecule has 370 valence electrons. The molecule has 4 aliphatic heterocycles. The third kappa shape index (κ3) is 10.6. The van der Waals surface area contributed by atoms with Crippen molar-refractivity contribution in [2.75, 3.05) is 88.9 Å². The van der Waals surface area contributed by atoms with E-state index >= 15 is 0 Å². The van der Waals surface area contributed by atoms with Crippen LogP contribution in [0.1, 0.15) is 69.0 Å². The van der Waals surface area contributed by atoms with Crippen LogP contribution >= 0.6 is 22.7 Å². The van der Waals surface area contributed by atoms with Gasteiger partial charge in [-0.1, -0.05) is 43.3 Å². The number of rotatable bonds is 16. The Labute approximate surface area is 418 Å². The van der Waals surface area contributed by atoms with Crippen LogP contribution in [-0.2, 0) is 14.3 Å². The number of aryl methyl sites for hydroxylation is 1. The molecular formula is C53H65N9O6S2. The minimum Gasteiger partial charge on any atom is -0.497 e. The van der Waals surface area contributed by atoms with Crippen LogP contribution in [0.25, 0.3) is 31.2 Å². The second-order valence-electron chi connectivity index (χ2n) is 19.8. The van der Waals surface area contributed by atoms with E-state index in [1.807, 2.05) is 81.7 Å². The Hall–Kier alpha value is -5.43. The van der Waals surface area contributed by atoms with Gasteiger partial charge in [-0.15, -0.1) is 22.7 Å². The molecule has 7 heterocycles. The first-order valence-electron chi connectivity index (χ1n) is 24.9. The van der Waals surface area contributed by atoms with Gasteiger partial charge in [0.2, 0.25) is 11.8 Å². The maximum Gasteiger partial charge on any atom is 0.243 e. The molecule has 10 rings (SSSR count). The van der Waals surface area contributed by atoms with E-state index in [4.69, 9.17) is 19.0 Å². The molecule has 0 aliphatic carbocycles. The second-order valence-corrected chi connectivity index (χ2v) is 21.6. The van der Waals surface area contributed by atoms with Crippen molar-refractivity contribution in [1.29, 1.82) is 0 Å². The number of hydrogen-bond donors (Lipinski definition) is 2. The van der Waals surface area contributed by atoms with E-state index in [0.29, 0.717) is 11.9 Å². The third-order valence-electron chi connectivity index (χ3n) is 14.7. The molecule has 4 atom stereocenters. The number of hydrogen-bond acceptors (Lipinski definition) is 15. The summed E-state index contributed by atoms with van der Waals surface area (Å²) in [6.07, 6.45) is 2.11. The van der Waals surface area contributed by atoms with Gasteiger partial charge in [-0.25, -0.2) is 9.97 Å². The van der Waals surface area contributed by atoms with E-state index < -0.39 is 18.1 Å². The van der Waals surface area contributed by atoms with Crippen LogP contribution in [0, 0.1) is 12.8 Å². The van der Waals surface area contributed by atoms with Crippen LogP contribution in [-0.4, -0.2) is 150 Å². The standard InChI is InChI=1S/C53H65N9O6S2/c1-33(2)49(53(65)62-29-40(63)26-45(62)51(64)55-34(3)36-6-8-37(9-7-36)50-35(4)54-32-69-50)46-28-48(57-68-46)60-24-22-59(23-25-60)21-20-58-18-16-41(17-19-58)67-43-30-61(31-43)39-12-10-38(11-13-39)52-56-44-15-14-42(66-5)27-47(44)70-52/h6-15,27-28,32-34,40-41,43,45,49,63H,16-26,29-31H2,1-5H3,(H,55,64)/t34-,40+,45-,49+/m0/s1. The number of nitrogens with zero attached hydrogens (tertiary/aromatic N) is 8. The Kier molecular flexibility index (Phi) is 14.5. The van der Waals surface area contributed by atoms with Crippen molar-refractivity contribution in [3.63, 3.8) is 0 Å². The highest BCUT2D eigenvalue weighted by Gasteiger charge is 2.44. The molecule has 3 aromatic carbocycles. The van der Waals surface area contributed by atoms with Crippen LogP contribution < -0.4 is 19.9 Å². The average molecular weight is 988 g/mol. The molecule has 0 radical (unpaired) electrons. The van der Waals surface area contributed by atoms with Gasteiger partial charge in [0, 0.05) is 95.7 Å². The fourth-order valence-corrected chi connectivity index (χ4v) is 12.2. The molecular weight excluding hydrogens is 923 g/mol. The van der Waals surface area contributed by atoms with Gasteiger partial charge >= 0.3 is 0 Å². The highest BCUT2D eigenvalue weighted by Crippen LogP contribution is 2.36. The number of amides is 2. The minimum atomic E-state index is -0.794. The van der Waals surface area contributed by atoms with Crippen LogP contribution in [0.2, 0.25) is 0 Å². The molecule has 6 aromatic rings. The molecule has 4 fully saturated rings. The number of ether oxygens (including phenoxy) is 2. The molecule has 15 nitrogen and oxygen atoms in total. The summed E-state index contributed by atoms with van der Waals surface area (Å²) in [6, 6.07) is 23.7. The normalized spacial score (nSPS) is 20.6. The number of benzene rings is 3. The number of piperazine rings is 1. The van der Waals surface area contributed by atoms with Gasteiger partial charge in [-0.05, 0) is 86.2 Å². The molecule has 0 bridgehead atoms. The molecule has 0 spiro atoms. The number of β-amino-alcohol motifs (C(OH)–C–C–N with tert-alkyl or cyclic N) is 1. The number of carbonyl (C=O) groups excluding carboxylic acids is 2. The van der Waals surface area contributed by atoms with Crippen molar-refractivity contribution in [3.8, 4) is 26.8 Å². The maximum atomic E-state index is 14.3. The first-order chi connectivity index (χ1) is 34.0. The molecule has 2 amide bonds. The summed E-state index contributed by atoms with van der Waals surface area (Å²) in [7, 11) is 1.69. The summed E-state index contributed by atoms with van der Waals surface area (Å²) >= 11 is 3.29. The first kappa shape index (κ1) is 48.2. The average Bonchev–Trinajstić information content (AvgIpc) is 4.19. The number of piperidine rings is 1. The van der Waals surface area contributed by atoms with Crippen LogP contribution in [0.4, 0.5) is 11.5 Å². The smallest absolute Gasteiger partial charge is 0.243 e. The molecule has 0 unspecified atom stereocenters. The molecule has 4 saturated heterocycles. The first-order valence-corrected chi connectivity index (χ1v) is 26.6. The SMILES string of the molecule is COc1ccc2nc(-c3ccc(N4CC(OC5CCN(CCN6CCN(c7cc([C@H](C(=O)N8C[C@H](O)C[C@H]8C(=O)N[C@@H](C)c8ccc(-c9scnc9C)cc8)C(C)C)on7)CC6)CC5)C4)cc3)sc2c1. The number of aliphatic hydroxyl groups is 1. The van der Waals surface area contributed by atoms with Gasteiger partial charge in [-0.2, -0.15) is 0 Å². The van der Waals surface area contributed by atoms with Crippen molar-refractivity contribution >= 4 is 56.2 Å². The summed E-state index contributed by atoms with van der Waals surface area (Å²) in [6.45, 7) is 17.5. The molecule has 2 N–H and O–H groups in total. The fourth-order valence-electron chi connectivity index (χ4n) is 10.4. The number of nitrogens with one attached hydrogen (secondary N) is 1. The summed E-state index contributed by atoms with van der Waals surface area (Å²) in [5.74, 6) is 0.784. The lowest BCUT2D eigenvalue weighted by atomic mass is 9.91. The number of methoxy groups -OCH3 is 1. The van der Waals surface area contributed by atoms with Crippen molar-refractivity contribution < 1.29 is 28.7 Å². The van der Waals surface area contributed by atoms with Crippen LogP contribution in [0.15, 0.2) is 82.8 Å². The van der Waals surface area contributed by atoms with E-state index in [2.05, 4.69) is 59.3 Å². The number of thiazole rings is 2. The minimum absolute atomic E-state index is 0.0907. The van der Waals surface area contributed by atoms with Crippen molar-refractivity contribution in [2.24, 2.45) is 5.92 Å². The van der Waals surface area contributed by atoms with Gasteiger partial charge in [0.05, 0.1) is 57.8 Å². The predicted molar refractivity (Wildman–Crippen MR) is 276 cm³/mol. The quantitative estimate of drug-likeness (QED) is 0.0988. The zero-order valence-corrected chi connectivity index (χ0v) is 42.5. The largest absolute Gasteiger partial charge is 0.497 e. The van der Waals surface area contributed by atoms with Gasteiger partial charge in [0.1, 0.15) is 22.7 Å². The van der Waals surface area contributed by atoms with Gasteiger partial charge < -0.3 is 44.0 Å². The van der Waals surface area contributed by atoms with E-state index in [1.54, 1.807) is 29.8 Å². The summed E-state index contributed by atoms with van der Waals surface area (Å²) in [4.78, 5) is 49.7. The predicted octanol–water partition coefficient (Wildman–Crippen LogP) is 7.46. The second kappa shape index (κ2) is 21.1. The number of carbonyl (C=O) groups is 2. The Morgan fingerprint density at radius 2 is 1.57 bits per heavy atom. The summed E-state index contributed by atoms with van der Waals surface area (Å²) in [5.41, 5.74) is 8.22. The Morgan fingerprint density at radius 3 is 2.26 bits per heavy atom. The number of anilines is 2. The highest BCUT2D eigenvalue weighted by atomic mass is 32.1. The number of likely N-dealkylation sites (tertiary alicyclic amines) is 2. The summed E-state index contributed by atoms with van der Waals surface area (Å²) in [5, 5.41) is 19.3. The Morgan fingerprint density at radius 1 is 0.857 bits per heavy atom. The lowest BCUT2D eigenvalue weighted by molar-refractivity contribution is -0.141. The van der Waals surface area contributed by atoms with E-state index in [-0.39, 0.29) is 42.8 Å². The zero-order chi connectivity index (χ0) is 48.5. The molecule has 17 heteroatoms. The summed E-state index contributed by atoms with van der Waals surface area (Å²) < 4.78 is 19.0. The number of aromatic nitrogens is 3. The third-order valence-corrected chi connectivity index (χ3v) is 16.7. The lowest BCUT2D eigenvalue weighted by Crippen LogP contribution is -2.54. The lowest BCUT2D eigenvalue weighted by Gasteiger charge is -2.43. The number of aliphatic hydroxyl groups excluding tert-OH is 1. The molecule has 70 heavy (non-hydrogen) atoms. The van der Waals surface area contributed by atoms with Gasteiger partial charge in [0.25, 0.3) is 0 Å². The van der Waals surface area contributed by atoms with E-state index in [1.165, 1.54) is 10.6 Å². The van der Waals surface area contributed by atoms with Crippen molar-refractivity contribution in [1.82, 2.24) is 35.1 Å². The van der Waals surface area contributed by atoms with E-state index in [9.17, 15) is 14.7 Å². The highest BCUT2D eigenvalue weighted by molar-refractivity contribution is 7.21. The molecule has 0 saturated carbocycles. The maximum absolute atomic E-state index is 14.3. The Balaban J connectivity index is 0.642. The van der Waals surface area contributed by atoms with Crippen LogP contribution in [0.5, 0.6) is 5.75 Å². The van der Waals surface area contributed by atoms with E-state index in [0.717, 1.165) is 132 Å². The molecule has 4 aliphatic rings. The monoisotopic (exact) mass is 987 g/mol.